The van der Waals surface area contributed by atoms with Gasteiger partial charge in [0.1, 0.15) is 11.6 Å². The van der Waals surface area contributed by atoms with E-state index in [9.17, 15) is 18.4 Å². The normalized spacial score (nSPS) is 15.6. The second-order valence-electron chi connectivity index (χ2n) is 5.45. The third-order valence-electron chi connectivity index (χ3n) is 3.38. The van der Waals surface area contributed by atoms with Gasteiger partial charge in [0.05, 0.1) is 23.5 Å². The third kappa shape index (κ3) is 4.94. The first kappa shape index (κ1) is 18.3. The van der Waals surface area contributed by atoms with Crippen LogP contribution in [0.4, 0.5) is 14.5 Å². The molecule has 1 aliphatic rings. The number of allylic oxidation sites excluding steroid dienone is 4. The quantitative estimate of drug-likeness (QED) is 0.856. The maximum Gasteiger partial charge on any atom is 0.303 e. The van der Waals surface area contributed by atoms with Crippen LogP contribution in [0.25, 0.3) is 0 Å². The van der Waals surface area contributed by atoms with Crippen LogP contribution in [0.1, 0.15) is 18.4 Å². The number of carbonyl (C=O) groups is 2. The van der Waals surface area contributed by atoms with E-state index < -0.39 is 23.5 Å². The number of aryl methyl sites for hydroxylation is 1. The Bertz CT molecular complexity index is 839. The molecule has 0 bridgehead atoms. The van der Waals surface area contributed by atoms with Crippen molar-refractivity contribution in [2.45, 2.75) is 19.8 Å². The smallest absolute Gasteiger partial charge is 0.303 e. The number of benzene rings is 1. The summed E-state index contributed by atoms with van der Waals surface area (Å²) >= 11 is 0. The van der Waals surface area contributed by atoms with Gasteiger partial charge >= 0.3 is 5.97 Å². The molecule has 5 nitrogen and oxygen atoms in total. The van der Waals surface area contributed by atoms with Crippen molar-refractivity contribution in [3.63, 3.8) is 0 Å². The number of carboxylic acid groups (broad SMARTS) is 1. The maximum absolute atomic E-state index is 13.7. The number of hydrogen-bond acceptors (Lipinski definition) is 3. The summed E-state index contributed by atoms with van der Waals surface area (Å²) in [4.78, 5) is 26.7. The predicted octanol–water partition coefficient (Wildman–Crippen LogP) is 3.49. The lowest BCUT2D eigenvalue weighted by molar-refractivity contribution is -0.138. The van der Waals surface area contributed by atoms with Crippen LogP contribution in [0.5, 0.6) is 0 Å². The number of carbonyl (C=O) groups excluding carboxylic acids is 1. The van der Waals surface area contributed by atoms with Crippen LogP contribution in [0.2, 0.25) is 0 Å². The fourth-order valence-corrected chi connectivity index (χ4v) is 2.18. The Labute approximate surface area is 143 Å². The molecule has 25 heavy (non-hydrogen) atoms. The molecular formula is C18H16F2N2O3. The number of halogens is 2. The number of aliphatic imine (C=N–C) groups is 1. The van der Waals surface area contributed by atoms with Crippen LogP contribution >= 0.6 is 0 Å². The molecule has 0 atom stereocenters. The fourth-order valence-electron chi connectivity index (χ4n) is 2.18. The van der Waals surface area contributed by atoms with Crippen molar-refractivity contribution in [3.05, 3.63) is 65.4 Å². The largest absolute Gasteiger partial charge is 0.481 e. The van der Waals surface area contributed by atoms with Crippen molar-refractivity contribution in [1.29, 1.82) is 0 Å². The minimum absolute atomic E-state index is 0.0733. The summed E-state index contributed by atoms with van der Waals surface area (Å²) in [5.74, 6) is -2.72. The zero-order valence-electron chi connectivity index (χ0n) is 13.5. The second kappa shape index (κ2) is 7.65. The van der Waals surface area contributed by atoms with Crippen LogP contribution in [0, 0.1) is 12.7 Å². The van der Waals surface area contributed by atoms with E-state index in [1.54, 1.807) is 6.92 Å². The van der Waals surface area contributed by atoms with E-state index in [0.29, 0.717) is 11.3 Å². The van der Waals surface area contributed by atoms with Gasteiger partial charge in [-0.25, -0.2) is 13.8 Å². The first-order chi connectivity index (χ1) is 11.8. The number of hydrogen-bond donors (Lipinski definition) is 2. The monoisotopic (exact) mass is 346 g/mol. The number of carboxylic acids is 1. The van der Waals surface area contributed by atoms with E-state index in [0.717, 1.165) is 12.2 Å². The lowest BCUT2D eigenvalue weighted by Gasteiger charge is -2.17. The first-order valence-electron chi connectivity index (χ1n) is 7.41. The molecule has 1 aromatic rings. The van der Waals surface area contributed by atoms with Gasteiger partial charge in [0.25, 0.3) is 0 Å². The summed E-state index contributed by atoms with van der Waals surface area (Å²) in [5, 5.41) is 11.1. The van der Waals surface area contributed by atoms with Gasteiger partial charge in [0.15, 0.2) is 0 Å². The van der Waals surface area contributed by atoms with Crippen molar-refractivity contribution in [2.24, 2.45) is 4.99 Å². The Kier molecular flexibility index (Phi) is 5.59. The summed E-state index contributed by atoms with van der Waals surface area (Å²) < 4.78 is 26.9. The standard InChI is InChI=1S/C18H16F2N2O3/c1-10-7-12(19)3-4-14(10)22-18-11(2)8-13(20)9-15(18)21-16(23)5-6-17(24)25/h3-4,7-9H,2,5-6H2,1H3,(H,21,23)(H,24,25)/b22-18+. The molecule has 0 aliphatic heterocycles. The maximum atomic E-state index is 13.7. The highest BCUT2D eigenvalue weighted by Gasteiger charge is 2.19. The van der Waals surface area contributed by atoms with Crippen molar-refractivity contribution in [2.75, 3.05) is 0 Å². The van der Waals surface area contributed by atoms with E-state index in [2.05, 4.69) is 16.9 Å². The number of amides is 1. The van der Waals surface area contributed by atoms with E-state index in [4.69, 9.17) is 5.11 Å². The summed E-state index contributed by atoms with van der Waals surface area (Å²) in [7, 11) is 0. The number of rotatable bonds is 5. The van der Waals surface area contributed by atoms with Gasteiger partial charge in [-0.15, -0.1) is 0 Å². The number of aliphatic carboxylic acids is 1. The topological polar surface area (TPSA) is 78.8 Å². The van der Waals surface area contributed by atoms with Gasteiger partial charge in [-0.3, -0.25) is 9.59 Å². The summed E-state index contributed by atoms with van der Waals surface area (Å²) in [6, 6.07) is 4.00. The molecular weight excluding hydrogens is 330 g/mol. The second-order valence-corrected chi connectivity index (χ2v) is 5.45. The van der Waals surface area contributed by atoms with Gasteiger partial charge in [-0.2, -0.15) is 0 Å². The summed E-state index contributed by atoms with van der Waals surface area (Å²) in [5.41, 5.74) is 1.53. The van der Waals surface area contributed by atoms with Crippen LogP contribution in [-0.2, 0) is 9.59 Å². The zero-order chi connectivity index (χ0) is 18.6. The molecule has 0 heterocycles. The highest BCUT2D eigenvalue weighted by atomic mass is 19.1. The molecule has 2 rings (SSSR count). The molecule has 1 aromatic carbocycles. The summed E-state index contributed by atoms with van der Waals surface area (Å²) in [6.45, 7) is 5.38. The molecule has 0 fully saturated rings. The van der Waals surface area contributed by atoms with Crippen LogP contribution < -0.4 is 5.32 Å². The first-order valence-corrected chi connectivity index (χ1v) is 7.41. The molecule has 0 saturated carbocycles. The third-order valence-corrected chi connectivity index (χ3v) is 3.38. The van der Waals surface area contributed by atoms with E-state index in [-0.39, 0.29) is 29.8 Å². The van der Waals surface area contributed by atoms with Crippen molar-refractivity contribution in [1.82, 2.24) is 5.32 Å². The highest BCUT2D eigenvalue weighted by molar-refractivity contribution is 6.17. The Morgan fingerprint density at radius 1 is 1.24 bits per heavy atom. The lowest BCUT2D eigenvalue weighted by atomic mass is 10.0. The predicted molar refractivity (Wildman–Crippen MR) is 89.7 cm³/mol. The van der Waals surface area contributed by atoms with E-state index in [1.807, 2.05) is 0 Å². The van der Waals surface area contributed by atoms with Gasteiger partial charge in [0.2, 0.25) is 5.91 Å². The van der Waals surface area contributed by atoms with E-state index in [1.165, 1.54) is 18.2 Å². The molecule has 0 spiro atoms. The van der Waals surface area contributed by atoms with E-state index >= 15 is 0 Å². The Hall–Kier alpha value is -3.09. The number of nitrogens with one attached hydrogen (secondary N) is 1. The van der Waals surface area contributed by atoms with Crippen molar-refractivity contribution < 1.29 is 23.5 Å². The molecule has 0 saturated heterocycles. The average Bonchev–Trinajstić information content (AvgIpc) is 2.50. The lowest BCUT2D eigenvalue weighted by Crippen LogP contribution is -2.29. The minimum atomic E-state index is -1.11. The Balaban J connectivity index is 2.32. The van der Waals surface area contributed by atoms with Crippen LogP contribution in [0.15, 0.2) is 59.0 Å². The fraction of sp³-hybridized carbons (Fsp3) is 0.167. The van der Waals surface area contributed by atoms with Gasteiger partial charge in [0, 0.05) is 6.42 Å². The Morgan fingerprint density at radius 3 is 2.60 bits per heavy atom. The van der Waals surface area contributed by atoms with Gasteiger partial charge in [-0.05, 0) is 48.4 Å². The van der Waals surface area contributed by atoms with Crippen molar-refractivity contribution >= 4 is 23.3 Å². The minimum Gasteiger partial charge on any atom is -0.481 e. The van der Waals surface area contributed by atoms with Crippen LogP contribution in [0.3, 0.4) is 0 Å². The van der Waals surface area contributed by atoms with Crippen molar-refractivity contribution in [3.8, 4) is 0 Å². The molecule has 0 unspecified atom stereocenters. The summed E-state index contributed by atoms with van der Waals surface area (Å²) in [6.07, 6.45) is 1.63. The zero-order valence-corrected chi connectivity index (χ0v) is 13.5. The molecule has 7 heteroatoms. The number of nitrogens with zero attached hydrogens (tertiary/aromatic N) is 1. The van der Waals surface area contributed by atoms with Crippen LogP contribution in [-0.4, -0.2) is 22.7 Å². The molecule has 0 radical (unpaired) electrons. The molecule has 2 N–H and O–H groups in total. The molecule has 1 amide bonds. The average molecular weight is 346 g/mol. The molecule has 1 aliphatic carbocycles. The highest BCUT2D eigenvalue weighted by Crippen LogP contribution is 2.25. The SMILES string of the molecule is C=C1C=C(F)C=C(NC(=O)CCC(=O)O)/C1=N/c1ccc(F)cc1C. The Morgan fingerprint density at radius 2 is 1.96 bits per heavy atom. The molecule has 0 aromatic heterocycles. The van der Waals surface area contributed by atoms with Gasteiger partial charge < -0.3 is 10.4 Å². The molecule has 130 valence electrons. The van der Waals surface area contributed by atoms with Gasteiger partial charge in [-0.1, -0.05) is 6.58 Å².